The highest BCUT2D eigenvalue weighted by atomic mass is 127. The van der Waals surface area contributed by atoms with Crippen LogP contribution in [0.1, 0.15) is 26.3 Å². The standard InChI is InChI=1S/C21H14F3IN2O5S/c22-21(23,24)13-2-1-3-15(10-13)27-33(31,32)16-7-4-12(5-8-16)19(28)26-18-9-6-14(25)11-17(18)20(29)30/h1-11,27H,(H,26,28)(H,29,30). The first-order valence-corrected chi connectivity index (χ1v) is 11.6. The van der Waals surface area contributed by atoms with E-state index in [1.165, 1.54) is 30.3 Å². The Hall–Kier alpha value is -3.13. The van der Waals surface area contributed by atoms with Gasteiger partial charge in [0.15, 0.2) is 0 Å². The summed E-state index contributed by atoms with van der Waals surface area (Å²) >= 11 is 1.93. The number of amides is 1. The maximum absolute atomic E-state index is 12.8. The molecule has 0 heterocycles. The van der Waals surface area contributed by atoms with Crippen LogP contribution in [0, 0.1) is 3.57 Å². The number of carbonyl (C=O) groups is 2. The summed E-state index contributed by atoms with van der Waals surface area (Å²) in [6.45, 7) is 0. The van der Waals surface area contributed by atoms with E-state index in [1.807, 2.05) is 22.6 Å². The maximum atomic E-state index is 12.8. The summed E-state index contributed by atoms with van der Waals surface area (Å²) in [5.41, 5.74) is -1.28. The highest BCUT2D eigenvalue weighted by molar-refractivity contribution is 14.1. The third kappa shape index (κ3) is 6.01. The SMILES string of the molecule is O=C(Nc1ccc(I)cc1C(=O)O)c1ccc(S(=O)(=O)Nc2cccc(C(F)(F)F)c2)cc1. The molecule has 3 rings (SSSR count). The molecular weight excluding hydrogens is 576 g/mol. The molecule has 3 aromatic carbocycles. The van der Waals surface area contributed by atoms with E-state index in [0.29, 0.717) is 9.64 Å². The molecule has 0 aliphatic carbocycles. The van der Waals surface area contributed by atoms with Crippen molar-refractivity contribution >= 4 is 55.9 Å². The Bertz CT molecular complexity index is 1330. The molecule has 1 amide bonds. The fourth-order valence-electron chi connectivity index (χ4n) is 2.76. The van der Waals surface area contributed by atoms with Crippen LogP contribution < -0.4 is 10.0 Å². The van der Waals surface area contributed by atoms with Crippen LogP contribution in [0.3, 0.4) is 0 Å². The van der Waals surface area contributed by atoms with E-state index in [4.69, 9.17) is 0 Å². The van der Waals surface area contributed by atoms with Crippen LogP contribution in [-0.4, -0.2) is 25.4 Å². The Labute approximate surface area is 199 Å². The molecule has 7 nitrogen and oxygen atoms in total. The van der Waals surface area contributed by atoms with Gasteiger partial charge >= 0.3 is 12.1 Å². The number of carboxylic acids is 1. The molecule has 33 heavy (non-hydrogen) atoms. The highest BCUT2D eigenvalue weighted by Gasteiger charge is 2.30. The number of benzene rings is 3. The molecule has 0 bridgehead atoms. The zero-order valence-corrected chi connectivity index (χ0v) is 19.3. The van der Waals surface area contributed by atoms with Gasteiger partial charge in [0.1, 0.15) is 0 Å². The lowest BCUT2D eigenvalue weighted by atomic mass is 10.1. The summed E-state index contributed by atoms with van der Waals surface area (Å²) in [7, 11) is -4.23. The minimum Gasteiger partial charge on any atom is -0.478 e. The molecule has 0 radical (unpaired) electrons. The van der Waals surface area contributed by atoms with Crippen molar-refractivity contribution in [3.63, 3.8) is 0 Å². The van der Waals surface area contributed by atoms with E-state index in [0.717, 1.165) is 24.3 Å². The number of anilines is 2. The number of alkyl halides is 3. The highest BCUT2D eigenvalue weighted by Crippen LogP contribution is 2.31. The summed E-state index contributed by atoms with van der Waals surface area (Å²) in [6, 6.07) is 12.8. The Morgan fingerprint density at radius 1 is 0.939 bits per heavy atom. The van der Waals surface area contributed by atoms with Crippen LogP contribution in [0.2, 0.25) is 0 Å². The van der Waals surface area contributed by atoms with Gasteiger partial charge in [-0.05, 0) is 83.3 Å². The molecule has 0 spiro atoms. The predicted octanol–water partition coefficient (Wildman–Crippen LogP) is 5.06. The smallest absolute Gasteiger partial charge is 0.416 e. The van der Waals surface area contributed by atoms with Crippen molar-refractivity contribution in [2.45, 2.75) is 11.1 Å². The number of nitrogens with one attached hydrogen (secondary N) is 2. The van der Waals surface area contributed by atoms with Crippen LogP contribution in [0.4, 0.5) is 24.5 Å². The first-order chi connectivity index (χ1) is 15.4. The molecule has 0 saturated heterocycles. The fourth-order valence-corrected chi connectivity index (χ4v) is 4.30. The van der Waals surface area contributed by atoms with Crippen molar-refractivity contribution in [1.82, 2.24) is 0 Å². The van der Waals surface area contributed by atoms with Gasteiger partial charge in [-0.1, -0.05) is 6.07 Å². The normalized spacial score (nSPS) is 11.6. The van der Waals surface area contributed by atoms with Crippen molar-refractivity contribution in [1.29, 1.82) is 0 Å². The molecular formula is C21H14F3IN2O5S. The summed E-state index contributed by atoms with van der Waals surface area (Å²) in [5, 5.41) is 11.8. The van der Waals surface area contributed by atoms with Gasteiger partial charge in [0.25, 0.3) is 15.9 Å². The van der Waals surface area contributed by atoms with Crippen LogP contribution in [0.25, 0.3) is 0 Å². The number of rotatable bonds is 6. The van der Waals surface area contributed by atoms with Crippen LogP contribution in [0.5, 0.6) is 0 Å². The lowest BCUT2D eigenvalue weighted by Gasteiger charge is -2.12. The van der Waals surface area contributed by atoms with Crippen LogP contribution in [-0.2, 0) is 16.2 Å². The number of sulfonamides is 1. The van der Waals surface area contributed by atoms with Gasteiger partial charge in [-0.25, -0.2) is 13.2 Å². The van der Waals surface area contributed by atoms with Gasteiger partial charge in [0.05, 0.1) is 21.7 Å². The topological polar surface area (TPSA) is 113 Å². The Morgan fingerprint density at radius 3 is 2.21 bits per heavy atom. The number of halogens is 4. The quantitative estimate of drug-likeness (QED) is 0.348. The minimum atomic E-state index is -4.63. The molecule has 3 N–H and O–H groups in total. The third-order valence-corrected chi connectivity index (χ3v) is 6.40. The summed E-state index contributed by atoms with van der Waals surface area (Å²) in [4.78, 5) is 23.6. The molecule has 0 atom stereocenters. The average molecular weight is 590 g/mol. The second-order valence-electron chi connectivity index (χ2n) is 6.66. The lowest BCUT2D eigenvalue weighted by molar-refractivity contribution is -0.137. The van der Waals surface area contributed by atoms with E-state index in [-0.39, 0.29) is 27.4 Å². The first-order valence-electron chi connectivity index (χ1n) is 9.01. The second kappa shape index (κ2) is 9.39. The number of carbonyl (C=O) groups excluding carboxylic acids is 1. The Balaban J connectivity index is 1.78. The van der Waals surface area contributed by atoms with Crippen molar-refractivity contribution in [2.75, 3.05) is 10.0 Å². The molecule has 0 fully saturated rings. The average Bonchev–Trinajstić information content (AvgIpc) is 2.74. The van der Waals surface area contributed by atoms with Gasteiger partial charge < -0.3 is 10.4 Å². The molecule has 12 heteroatoms. The van der Waals surface area contributed by atoms with E-state index in [2.05, 4.69) is 10.0 Å². The molecule has 0 aliphatic rings. The first kappa shape index (κ1) is 24.5. The lowest BCUT2D eigenvalue weighted by Crippen LogP contribution is -2.16. The van der Waals surface area contributed by atoms with E-state index in [1.54, 1.807) is 6.07 Å². The maximum Gasteiger partial charge on any atom is 0.416 e. The molecule has 0 unspecified atom stereocenters. The molecule has 172 valence electrons. The number of hydrogen-bond donors (Lipinski definition) is 3. The molecule has 0 saturated carbocycles. The van der Waals surface area contributed by atoms with Crippen molar-refractivity contribution in [2.24, 2.45) is 0 Å². The van der Waals surface area contributed by atoms with Crippen LogP contribution in [0.15, 0.2) is 71.6 Å². The molecule has 0 aliphatic heterocycles. The largest absolute Gasteiger partial charge is 0.478 e. The summed E-state index contributed by atoms with van der Waals surface area (Å²) < 4.78 is 66.3. The zero-order chi connectivity index (χ0) is 24.4. The van der Waals surface area contributed by atoms with Gasteiger partial charge in [0, 0.05) is 14.8 Å². The van der Waals surface area contributed by atoms with Gasteiger partial charge in [-0.2, -0.15) is 13.2 Å². The van der Waals surface area contributed by atoms with E-state index in [9.17, 15) is 36.3 Å². The Morgan fingerprint density at radius 2 is 1.61 bits per heavy atom. The van der Waals surface area contributed by atoms with Crippen molar-refractivity contribution in [3.05, 3.63) is 87.0 Å². The van der Waals surface area contributed by atoms with Crippen molar-refractivity contribution in [3.8, 4) is 0 Å². The third-order valence-electron chi connectivity index (χ3n) is 4.33. The second-order valence-corrected chi connectivity index (χ2v) is 9.59. The van der Waals surface area contributed by atoms with Gasteiger partial charge in [-0.15, -0.1) is 0 Å². The minimum absolute atomic E-state index is 0.0444. The molecule has 0 aromatic heterocycles. The van der Waals surface area contributed by atoms with E-state index >= 15 is 0 Å². The van der Waals surface area contributed by atoms with Gasteiger partial charge in [-0.3, -0.25) is 9.52 Å². The van der Waals surface area contributed by atoms with Crippen molar-refractivity contribution < 1.29 is 36.3 Å². The number of aromatic carboxylic acids is 1. The van der Waals surface area contributed by atoms with E-state index < -0.39 is 33.6 Å². The number of carboxylic acid groups (broad SMARTS) is 1. The van der Waals surface area contributed by atoms with Crippen LogP contribution >= 0.6 is 22.6 Å². The summed E-state index contributed by atoms with van der Waals surface area (Å²) in [5.74, 6) is -1.90. The monoisotopic (exact) mass is 590 g/mol. The molecule has 3 aromatic rings. The number of hydrogen-bond acceptors (Lipinski definition) is 4. The summed E-state index contributed by atoms with van der Waals surface area (Å²) in [6.07, 6.45) is -4.63. The Kier molecular flexibility index (Phi) is 6.97. The predicted molar refractivity (Wildman–Crippen MR) is 123 cm³/mol. The fraction of sp³-hybridized carbons (Fsp3) is 0.0476. The zero-order valence-electron chi connectivity index (χ0n) is 16.4. The van der Waals surface area contributed by atoms with Gasteiger partial charge in [0.2, 0.25) is 0 Å².